The van der Waals surface area contributed by atoms with Gasteiger partial charge in [-0.15, -0.1) is 11.3 Å². The van der Waals surface area contributed by atoms with E-state index >= 15 is 0 Å². The number of hydrogen-bond acceptors (Lipinski definition) is 4. The second-order valence-corrected chi connectivity index (χ2v) is 5.00. The van der Waals surface area contributed by atoms with E-state index in [-0.39, 0.29) is 5.91 Å². The summed E-state index contributed by atoms with van der Waals surface area (Å²) in [6, 6.07) is 5.49. The smallest absolute Gasteiger partial charge is 0.268 e. The number of carbonyl (C=O) groups excluding carboxylic acids is 1. The Morgan fingerprint density at radius 1 is 1.41 bits per heavy atom. The summed E-state index contributed by atoms with van der Waals surface area (Å²) >= 11 is 1.48. The molecule has 0 aromatic carbocycles. The van der Waals surface area contributed by atoms with Gasteiger partial charge in [0.25, 0.3) is 5.91 Å². The molecule has 0 atom stereocenters. The minimum absolute atomic E-state index is 0.0546. The van der Waals surface area contributed by atoms with Crippen molar-refractivity contribution in [2.45, 2.75) is 6.92 Å². The molecule has 2 rings (SSSR count). The molecule has 0 aliphatic rings. The molecular weight excluding hydrogens is 234 g/mol. The minimum atomic E-state index is -0.0546. The Labute approximate surface area is 104 Å². The topological polar surface area (TPSA) is 59.2 Å². The average molecular weight is 247 g/mol. The molecule has 4 nitrogen and oxygen atoms in total. The van der Waals surface area contributed by atoms with Crippen molar-refractivity contribution in [1.29, 1.82) is 0 Å². The maximum atomic E-state index is 12.2. The third-order valence-electron chi connectivity index (χ3n) is 2.44. The number of amides is 1. The van der Waals surface area contributed by atoms with Crippen molar-refractivity contribution in [3.63, 3.8) is 0 Å². The van der Waals surface area contributed by atoms with Crippen molar-refractivity contribution in [3.05, 3.63) is 40.3 Å². The highest BCUT2D eigenvalue weighted by Gasteiger charge is 2.16. The Bertz CT molecular complexity index is 550. The molecule has 0 fully saturated rings. The zero-order valence-electron chi connectivity index (χ0n) is 9.68. The van der Waals surface area contributed by atoms with Gasteiger partial charge >= 0.3 is 0 Å². The highest BCUT2D eigenvalue weighted by Crippen LogP contribution is 2.24. The molecule has 0 unspecified atom stereocenters. The zero-order chi connectivity index (χ0) is 12.4. The number of anilines is 2. The zero-order valence-corrected chi connectivity index (χ0v) is 10.5. The van der Waals surface area contributed by atoms with E-state index in [1.807, 2.05) is 19.1 Å². The van der Waals surface area contributed by atoms with Crippen molar-refractivity contribution in [2.24, 2.45) is 0 Å². The fraction of sp³-hybridized carbons (Fsp3) is 0.167. The van der Waals surface area contributed by atoms with Crippen LogP contribution >= 0.6 is 11.3 Å². The highest BCUT2D eigenvalue weighted by atomic mass is 32.1. The molecule has 2 N–H and O–H groups in total. The lowest BCUT2D eigenvalue weighted by Crippen LogP contribution is -2.26. The lowest BCUT2D eigenvalue weighted by molar-refractivity contribution is 0.0997. The molecule has 5 heteroatoms. The summed E-state index contributed by atoms with van der Waals surface area (Å²) in [5.41, 5.74) is 6.96. The molecule has 0 aliphatic heterocycles. The van der Waals surface area contributed by atoms with Gasteiger partial charge in [-0.2, -0.15) is 0 Å². The maximum Gasteiger partial charge on any atom is 0.268 e. The van der Waals surface area contributed by atoms with Gasteiger partial charge in [0.15, 0.2) is 0 Å². The van der Waals surface area contributed by atoms with E-state index in [0.29, 0.717) is 16.3 Å². The molecule has 88 valence electrons. The van der Waals surface area contributed by atoms with Crippen molar-refractivity contribution in [2.75, 3.05) is 17.7 Å². The van der Waals surface area contributed by atoms with Crippen molar-refractivity contribution in [1.82, 2.24) is 4.98 Å². The number of nitrogen functional groups attached to an aromatic ring is 1. The van der Waals surface area contributed by atoms with Gasteiger partial charge in [-0.05, 0) is 25.1 Å². The van der Waals surface area contributed by atoms with Gasteiger partial charge < -0.3 is 10.6 Å². The number of nitrogens with two attached hydrogens (primary N) is 1. The predicted octanol–water partition coefficient (Wildman–Crippen LogP) is 2.31. The molecule has 2 aromatic heterocycles. The van der Waals surface area contributed by atoms with Crippen LogP contribution in [0.2, 0.25) is 0 Å². The molecule has 0 radical (unpaired) electrons. The summed E-state index contributed by atoms with van der Waals surface area (Å²) in [6.07, 6.45) is 3.16. The van der Waals surface area contributed by atoms with E-state index in [1.54, 1.807) is 30.4 Å². The number of aryl methyl sites for hydroxylation is 1. The standard InChI is InChI=1S/C12H13N3OS/c1-8-3-4-11(17-8)12(16)15(2)10-5-6-14-7-9(10)13/h3-7H,13H2,1-2H3. The Balaban J connectivity index is 2.29. The second kappa shape index (κ2) is 4.55. The molecular formula is C12H13N3OS. The summed E-state index contributed by atoms with van der Waals surface area (Å²) in [5.74, 6) is -0.0546. The fourth-order valence-corrected chi connectivity index (χ4v) is 2.37. The summed E-state index contributed by atoms with van der Waals surface area (Å²) in [5, 5.41) is 0. The van der Waals surface area contributed by atoms with Crippen molar-refractivity contribution < 1.29 is 4.79 Å². The number of pyridine rings is 1. The first kappa shape index (κ1) is 11.6. The molecule has 2 heterocycles. The number of rotatable bonds is 2. The van der Waals surface area contributed by atoms with Crippen LogP contribution in [-0.2, 0) is 0 Å². The monoisotopic (exact) mass is 247 g/mol. The van der Waals surface area contributed by atoms with Crippen LogP contribution in [0.25, 0.3) is 0 Å². The molecule has 1 amide bonds. The van der Waals surface area contributed by atoms with Gasteiger partial charge in [-0.1, -0.05) is 0 Å². The van der Waals surface area contributed by atoms with Crippen molar-refractivity contribution in [3.8, 4) is 0 Å². The van der Waals surface area contributed by atoms with Gasteiger partial charge in [-0.3, -0.25) is 9.78 Å². The van der Waals surface area contributed by atoms with Crippen LogP contribution in [0.1, 0.15) is 14.5 Å². The lowest BCUT2D eigenvalue weighted by Gasteiger charge is -2.17. The van der Waals surface area contributed by atoms with Gasteiger partial charge in [-0.25, -0.2) is 0 Å². The van der Waals surface area contributed by atoms with E-state index in [1.165, 1.54) is 11.3 Å². The fourth-order valence-electron chi connectivity index (χ4n) is 1.53. The van der Waals surface area contributed by atoms with Crippen LogP contribution in [-0.4, -0.2) is 17.9 Å². The van der Waals surface area contributed by atoms with E-state index < -0.39 is 0 Å². The first-order chi connectivity index (χ1) is 8.09. The molecule has 0 saturated carbocycles. The normalized spacial score (nSPS) is 10.2. The quantitative estimate of drug-likeness (QED) is 0.886. The summed E-state index contributed by atoms with van der Waals surface area (Å²) in [6.45, 7) is 1.97. The predicted molar refractivity (Wildman–Crippen MR) is 70.4 cm³/mol. The van der Waals surface area contributed by atoms with E-state index in [4.69, 9.17) is 5.73 Å². The number of carbonyl (C=O) groups is 1. The number of hydrogen-bond donors (Lipinski definition) is 1. The van der Waals surface area contributed by atoms with Crippen LogP contribution < -0.4 is 10.6 Å². The largest absolute Gasteiger partial charge is 0.396 e. The average Bonchev–Trinajstić information content (AvgIpc) is 2.75. The Hall–Kier alpha value is -1.88. The number of aromatic nitrogens is 1. The van der Waals surface area contributed by atoms with Crippen LogP contribution in [0.3, 0.4) is 0 Å². The van der Waals surface area contributed by atoms with Gasteiger partial charge in [0.1, 0.15) is 0 Å². The third-order valence-corrected chi connectivity index (χ3v) is 3.43. The third kappa shape index (κ3) is 2.29. The van der Waals surface area contributed by atoms with E-state index in [0.717, 1.165) is 4.88 Å². The first-order valence-electron chi connectivity index (χ1n) is 5.13. The maximum absolute atomic E-state index is 12.2. The van der Waals surface area contributed by atoms with Crippen LogP contribution in [0, 0.1) is 6.92 Å². The van der Waals surface area contributed by atoms with Crippen LogP contribution in [0.5, 0.6) is 0 Å². The van der Waals surface area contributed by atoms with Gasteiger partial charge in [0, 0.05) is 18.1 Å². The van der Waals surface area contributed by atoms with Crippen LogP contribution in [0.15, 0.2) is 30.6 Å². The summed E-state index contributed by atoms with van der Waals surface area (Å²) in [7, 11) is 1.71. The van der Waals surface area contributed by atoms with Crippen molar-refractivity contribution >= 4 is 28.6 Å². The molecule has 2 aromatic rings. The number of thiophene rings is 1. The second-order valence-electron chi connectivity index (χ2n) is 3.71. The summed E-state index contributed by atoms with van der Waals surface area (Å²) in [4.78, 5) is 19.4. The summed E-state index contributed by atoms with van der Waals surface area (Å²) < 4.78 is 0. The Kier molecular flexibility index (Phi) is 3.10. The van der Waals surface area contributed by atoms with Crippen LogP contribution in [0.4, 0.5) is 11.4 Å². The molecule has 0 spiro atoms. The van der Waals surface area contributed by atoms with Gasteiger partial charge in [0.05, 0.1) is 22.4 Å². The minimum Gasteiger partial charge on any atom is -0.396 e. The SMILES string of the molecule is Cc1ccc(C(=O)N(C)c2ccncc2N)s1. The number of nitrogens with zero attached hydrogens (tertiary/aromatic N) is 2. The molecule has 0 bridgehead atoms. The van der Waals surface area contributed by atoms with E-state index in [9.17, 15) is 4.79 Å². The Morgan fingerprint density at radius 2 is 2.18 bits per heavy atom. The highest BCUT2D eigenvalue weighted by molar-refractivity contribution is 7.14. The molecule has 0 saturated heterocycles. The lowest BCUT2D eigenvalue weighted by atomic mass is 10.3. The molecule has 17 heavy (non-hydrogen) atoms. The van der Waals surface area contributed by atoms with Gasteiger partial charge in [0.2, 0.25) is 0 Å². The first-order valence-corrected chi connectivity index (χ1v) is 5.95. The molecule has 0 aliphatic carbocycles. The van der Waals surface area contributed by atoms with E-state index in [2.05, 4.69) is 4.98 Å². The Morgan fingerprint density at radius 3 is 2.76 bits per heavy atom.